The van der Waals surface area contributed by atoms with Crippen molar-refractivity contribution in [3.05, 3.63) is 34.1 Å². The van der Waals surface area contributed by atoms with E-state index in [0.29, 0.717) is 17.4 Å². The van der Waals surface area contributed by atoms with Crippen molar-refractivity contribution in [3.63, 3.8) is 0 Å². The Morgan fingerprint density at radius 1 is 1.39 bits per heavy atom. The van der Waals surface area contributed by atoms with Crippen LogP contribution in [0.5, 0.6) is 0 Å². The molecular formula is C12H11BrFNO3. The second-order valence-corrected chi connectivity index (χ2v) is 5.15. The molecule has 0 aromatic heterocycles. The van der Waals surface area contributed by atoms with Gasteiger partial charge < -0.3 is 10.0 Å². The van der Waals surface area contributed by atoms with E-state index in [1.165, 1.54) is 17.0 Å². The highest BCUT2D eigenvalue weighted by atomic mass is 79.9. The highest BCUT2D eigenvalue weighted by Crippen LogP contribution is 2.21. The number of hydrogen-bond acceptors (Lipinski definition) is 2. The molecule has 1 aliphatic rings. The number of halogens is 2. The Kier molecular flexibility index (Phi) is 3.65. The molecular weight excluding hydrogens is 305 g/mol. The third-order valence-corrected chi connectivity index (χ3v) is 3.39. The van der Waals surface area contributed by atoms with Gasteiger partial charge in [-0.1, -0.05) is 15.9 Å². The number of likely N-dealkylation sites (tertiary alicyclic amines) is 1. The van der Waals surface area contributed by atoms with Crippen LogP contribution in [0.1, 0.15) is 16.8 Å². The Hall–Kier alpha value is -1.43. The van der Waals surface area contributed by atoms with E-state index in [-0.39, 0.29) is 18.0 Å². The van der Waals surface area contributed by atoms with Gasteiger partial charge in [-0.25, -0.2) is 4.39 Å². The van der Waals surface area contributed by atoms with Crippen molar-refractivity contribution >= 4 is 27.8 Å². The minimum atomic E-state index is -0.897. The topological polar surface area (TPSA) is 57.6 Å². The van der Waals surface area contributed by atoms with Crippen LogP contribution < -0.4 is 0 Å². The molecule has 1 aromatic carbocycles. The second-order valence-electron chi connectivity index (χ2n) is 4.23. The zero-order chi connectivity index (χ0) is 13.3. The van der Waals surface area contributed by atoms with Crippen LogP contribution in [0, 0.1) is 11.7 Å². The molecule has 0 aliphatic carbocycles. The molecule has 18 heavy (non-hydrogen) atoms. The van der Waals surface area contributed by atoms with Crippen LogP contribution >= 0.6 is 15.9 Å². The molecule has 1 amide bonds. The Labute approximate surface area is 112 Å². The van der Waals surface area contributed by atoms with E-state index in [1.807, 2.05) is 0 Å². The van der Waals surface area contributed by atoms with Gasteiger partial charge >= 0.3 is 5.97 Å². The molecule has 0 radical (unpaired) electrons. The van der Waals surface area contributed by atoms with Crippen molar-refractivity contribution < 1.29 is 19.1 Å². The molecule has 1 saturated heterocycles. The van der Waals surface area contributed by atoms with Crippen LogP contribution in [0.4, 0.5) is 4.39 Å². The lowest BCUT2D eigenvalue weighted by molar-refractivity contribution is -0.141. The summed E-state index contributed by atoms with van der Waals surface area (Å²) in [5.74, 6) is -2.25. The summed E-state index contributed by atoms with van der Waals surface area (Å²) in [6.07, 6.45) is 0.442. The molecule has 0 spiro atoms. The number of amides is 1. The first kappa shape index (κ1) is 13.0. The summed E-state index contributed by atoms with van der Waals surface area (Å²) in [6, 6.07) is 3.95. The number of carboxylic acids is 1. The standard InChI is InChI=1S/C12H11BrFNO3/c13-9-3-8(4-10(14)5-9)11(16)15-2-1-7(6-15)12(17)18/h3-5,7H,1-2,6H2,(H,17,18). The third-order valence-electron chi connectivity index (χ3n) is 2.93. The molecule has 1 aromatic rings. The van der Waals surface area contributed by atoms with Crippen molar-refractivity contribution in [1.82, 2.24) is 4.90 Å². The lowest BCUT2D eigenvalue weighted by Crippen LogP contribution is -2.30. The molecule has 0 bridgehead atoms. The van der Waals surface area contributed by atoms with Crippen LogP contribution in [-0.4, -0.2) is 35.0 Å². The van der Waals surface area contributed by atoms with E-state index >= 15 is 0 Å². The fraction of sp³-hybridized carbons (Fsp3) is 0.333. The molecule has 1 unspecified atom stereocenters. The van der Waals surface area contributed by atoms with Crippen LogP contribution in [0.2, 0.25) is 0 Å². The summed E-state index contributed by atoms with van der Waals surface area (Å²) >= 11 is 3.12. The quantitative estimate of drug-likeness (QED) is 0.909. The number of carbonyl (C=O) groups is 2. The first-order valence-corrected chi connectivity index (χ1v) is 6.25. The van der Waals surface area contributed by atoms with Gasteiger partial charge in [-0.15, -0.1) is 0 Å². The number of carbonyl (C=O) groups excluding carboxylic acids is 1. The zero-order valence-corrected chi connectivity index (χ0v) is 11.0. The number of rotatable bonds is 2. The molecule has 1 atom stereocenters. The molecule has 4 nitrogen and oxygen atoms in total. The second kappa shape index (κ2) is 5.06. The van der Waals surface area contributed by atoms with Gasteiger partial charge in [-0.2, -0.15) is 0 Å². The number of hydrogen-bond donors (Lipinski definition) is 1. The normalized spacial score (nSPS) is 19.0. The van der Waals surface area contributed by atoms with Gasteiger partial charge in [0.1, 0.15) is 5.82 Å². The van der Waals surface area contributed by atoms with Crippen LogP contribution in [-0.2, 0) is 4.79 Å². The average molecular weight is 316 g/mol. The monoisotopic (exact) mass is 315 g/mol. The number of nitrogens with zero attached hydrogens (tertiary/aromatic N) is 1. The van der Waals surface area contributed by atoms with Crippen LogP contribution in [0.25, 0.3) is 0 Å². The van der Waals surface area contributed by atoms with Crippen LogP contribution in [0.3, 0.4) is 0 Å². The predicted octanol–water partition coefficient (Wildman–Crippen LogP) is 2.13. The number of benzene rings is 1. The summed E-state index contributed by atoms with van der Waals surface area (Å²) in [4.78, 5) is 24.3. The Bertz CT molecular complexity index is 486. The maximum Gasteiger partial charge on any atom is 0.308 e. The minimum Gasteiger partial charge on any atom is -0.481 e. The van der Waals surface area contributed by atoms with Gasteiger partial charge in [0.2, 0.25) is 0 Å². The summed E-state index contributed by atoms with van der Waals surface area (Å²) in [6.45, 7) is 0.576. The summed E-state index contributed by atoms with van der Waals surface area (Å²) in [5, 5.41) is 8.87. The van der Waals surface area contributed by atoms with Crippen LogP contribution in [0.15, 0.2) is 22.7 Å². The molecule has 1 fully saturated rings. The Morgan fingerprint density at radius 2 is 2.11 bits per heavy atom. The fourth-order valence-corrected chi connectivity index (χ4v) is 2.47. The minimum absolute atomic E-state index is 0.183. The maximum atomic E-state index is 13.2. The highest BCUT2D eigenvalue weighted by Gasteiger charge is 2.31. The molecule has 1 aliphatic heterocycles. The van der Waals surface area contributed by atoms with Gasteiger partial charge in [0.05, 0.1) is 5.92 Å². The SMILES string of the molecule is O=C(O)C1CCN(C(=O)c2cc(F)cc(Br)c2)C1. The van der Waals surface area contributed by atoms with Crippen molar-refractivity contribution in [2.24, 2.45) is 5.92 Å². The number of carboxylic acid groups (broad SMARTS) is 1. The van der Waals surface area contributed by atoms with E-state index < -0.39 is 17.7 Å². The summed E-state index contributed by atoms with van der Waals surface area (Å²) < 4.78 is 13.7. The fourth-order valence-electron chi connectivity index (χ4n) is 2.01. The van der Waals surface area contributed by atoms with E-state index in [9.17, 15) is 14.0 Å². The maximum absolute atomic E-state index is 13.2. The first-order valence-electron chi connectivity index (χ1n) is 5.45. The number of aliphatic carboxylic acids is 1. The smallest absolute Gasteiger partial charge is 0.308 e. The van der Waals surface area contributed by atoms with Gasteiger partial charge in [0, 0.05) is 23.1 Å². The molecule has 6 heteroatoms. The lowest BCUT2D eigenvalue weighted by Gasteiger charge is -2.16. The van der Waals surface area contributed by atoms with Crippen molar-refractivity contribution in [2.75, 3.05) is 13.1 Å². The molecule has 96 valence electrons. The predicted molar refractivity (Wildman–Crippen MR) is 65.7 cm³/mol. The van der Waals surface area contributed by atoms with E-state index in [2.05, 4.69) is 15.9 Å². The van der Waals surface area contributed by atoms with Crippen molar-refractivity contribution in [3.8, 4) is 0 Å². The van der Waals surface area contributed by atoms with Gasteiger partial charge in [-0.05, 0) is 24.6 Å². The molecule has 0 saturated carbocycles. The average Bonchev–Trinajstić information content (AvgIpc) is 2.75. The first-order chi connectivity index (χ1) is 8.47. The van der Waals surface area contributed by atoms with E-state index in [0.717, 1.165) is 6.07 Å². The van der Waals surface area contributed by atoms with E-state index in [4.69, 9.17) is 5.11 Å². The van der Waals surface area contributed by atoms with Gasteiger partial charge in [-0.3, -0.25) is 9.59 Å². The van der Waals surface area contributed by atoms with Gasteiger partial charge in [0.15, 0.2) is 0 Å². The lowest BCUT2D eigenvalue weighted by atomic mass is 10.1. The molecule has 1 N–H and O–H groups in total. The summed E-state index contributed by atoms with van der Waals surface area (Å²) in [7, 11) is 0. The Morgan fingerprint density at radius 3 is 2.67 bits per heavy atom. The largest absolute Gasteiger partial charge is 0.481 e. The third kappa shape index (κ3) is 2.69. The van der Waals surface area contributed by atoms with Crippen molar-refractivity contribution in [1.29, 1.82) is 0 Å². The van der Waals surface area contributed by atoms with Gasteiger partial charge in [0.25, 0.3) is 5.91 Å². The Balaban J connectivity index is 2.15. The highest BCUT2D eigenvalue weighted by molar-refractivity contribution is 9.10. The zero-order valence-electron chi connectivity index (χ0n) is 9.40. The molecule has 1 heterocycles. The summed E-state index contributed by atoms with van der Waals surface area (Å²) in [5.41, 5.74) is 0.230. The molecule has 2 rings (SSSR count). The van der Waals surface area contributed by atoms with Crippen molar-refractivity contribution in [2.45, 2.75) is 6.42 Å². The van der Waals surface area contributed by atoms with E-state index in [1.54, 1.807) is 0 Å².